The highest BCUT2D eigenvalue weighted by Gasteiger charge is 2.30. The molecule has 0 unspecified atom stereocenters. The van der Waals surface area contributed by atoms with Gasteiger partial charge in [-0.15, -0.1) is 0 Å². The number of anilines is 1. The molecule has 128 valence electrons. The zero-order valence-corrected chi connectivity index (χ0v) is 12.6. The van der Waals surface area contributed by atoms with Gasteiger partial charge in [0.2, 0.25) is 0 Å². The van der Waals surface area contributed by atoms with E-state index in [4.69, 9.17) is 5.73 Å². The van der Waals surface area contributed by atoms with E-state index < -0.39 is 39.0 Å². The molecule has 0 fully saturated rings. The third kappa shape index (κ3) is 3.77. The first-order valence-corrected chi connectivity index (χ1v) is 7.82. The summed E-state index contributed by atoms with van der Waals surface area (Å²) < 4.78 is 63.9. The summed E-state index contributed by atoms with van der Waals surface area (Å²) in [4.78, 5) is 10.8. The molecule has 0 saturated carbocycles. The van der Waals surface area contributed by atoms with Crippen LogP contribution in [-0.4, -0.2) is 19.4 Å². The smallest absolute Gasteiger partial charge is 0.416 e. The number of hydrogen-bond donors (Lipinski definition) is 3. The van der Waals surface area contributed by atoms with E-state index in [9.17, 15) is 31.5 Å². The van der Waals surface area contributed by atoms with Gasteiger partial charge >= 0.3 is 6.18 Å². The van der Waals surface area contributed by atoms with Crippen molar-refractivity contribution in [2.75, 3.05) is 4.72 Å². The number of halogens is 3. The van der Waals surface area contributed by atoms with Gasteiger partial charge in [-0.1, -0.05) is 0 Å². The summed E-state index contributed by atoms with van der Waals surface area (Å²) in [6.45, 7) is 0. The van der Waals surface area contributed by atoms with Crippen molar-refractivity contribution in [3.05, 3.63) is 53.6 Å². The van der Waals surface area contributed by atoms with Gasteiger partial charge in [0.05, 0.1) is 16.0 Å². The average Bonchev–Trinajstić information content (AvgIpc) is 2.46. The fourth-order valence-corrected chi connectivity index (χ4v) is 2.91. The molecule has 10 heteroatoms. The van der Waals surface area contributed by atoms with Gasteiger partial charge in [-0.3, -0.25) is 9.52 Å². The highest BCUT2D eigenvalue weighted by atomic mass is 32.2. The minimum absolute atomic E-state index is 0.100. The molecule has 2 rings (SSSR count). The van der Waals surface area contributed by atoms with Crippen LogP contribution in [0.3, 0.4) is 0 Å². The van der Waals surface area contributed by atoms with E-state index in [1.807, 2.05) is 0 Å². The van der Waals surface area contributed by atoms with Gasteiger partial charge < -0.3 is 10.8 Å². The zero-order chi connectivity index (χ0) is 18.1. The molecule has 0 aliphatic heterocycles. The summed E-state index contributed by atoms with van der Waals surface area (Å²) in [5, 5.41) is 9.45. The van der Waals surface area contributed by atoms with Crippen molar-refractivity contribution in [2.45, 2.75) is 11.1 Å². The van der Waals surface area contributed by atoms with E-state index in [1.165, 1.54) is 0 Å². The van der Waals surface area contributed by atoms with Gasteiger partial charge in [0.15, 0.2) is 0 Å². The third-order valence-electron chi connectivity index (χ3n) is 3.01. The fraction of sp³-hybridized carbons (Fsp3) is 0.0714. The molecule has 2 aromatic rings. The van der Waals surface area contributed by atoms with Crippen molar-refractivity contribution in [1.29, 1.82) is 0 Å². The highest BCUT2D eigenvalue weighted by molar-refractivity contribution is 7.92. The molecule has 0 aromatic heterocycles. The molecule has 2 aromatic carbocycles. The molecule has 0 heterocycles. The Balaban J connectivity index is 2.32. The number of phenols is 1. The lowest BCUT2D eigenvalue weighted by molar-refractivity contribution is -0.137. The number of alkyl halides is 3. The second-order valence-corrected chi connectivity index (χ2v) is 6.41. The van der Waals surface area contributed by atoms with E-state index in [-0.39, 0.29) is 10.6 Å². The summed E-state index contributed by atoms with van der Waals surface area (Å²) in [5.41, 5.74) is 3.59. The number of rotatable bonds is 4. The van der Waals surface area contributed by atoms with Crippen LogP contribution < -0.4 is 10.5 Å². The van der Waals surface area contributed by atoms with E-state index in [1.54, 1.807) is 0 Å². The number of carbonyl (C=O) groups excluding carboxylic acids is 1. The summed E-state index contributed by atoms with van der Waals surface area (Å²) in [6.07, 6.45) is -4.54. The predicted molar refractivity (Wildman–Crippen MR) is 78.9 cm³/mol. The van der Waals surface area contributed by atoms with Gasteiger partial charge in [0, 0.05) is 5.69 Å². The van der Waals surface area contributed by atoms with Crippen LogP contribution in [0.2, 0.25) is 0 Å². The number of nitrogens with one attached hydrogen (secondary N) is 1. The SMILES string of the molecule is NC(=O)c1cc(S(=O)(=O)Nc2ccc(C(F)(F)F)cc2)ccc1O. The Morgan fingerprint density at radius 3 is 2.17 bits per heavy atom. The van der Waals surface area contributed by atoms with Crippen LogP contribution in [0.4, 0.5) is 18.9 Å². The van der Waals surface area contributed by atoms with Crippen molar-refractivity contribution in [3.63, 3.8) is 0 Å². The van der Waals surface area contributed by atoms with Crippen molar-refractivity contribution >= 4 is 21.6 Å². The number of sulfonamides is 1. The topological polar surface area (TPSA) is 109 Å². The van der Waals surface area contributed by atoms with E-state index in [0.717, 1.165) is 42.5 Å². The number of primary amides is 1. The van der Waals surface area contributed by atoms with E-state index in [0.29, 0.717) is 0 Å². The molecule has 1 amide bonds. The molecular weight excluding hydrogens is 349 g/mol. The fourth-order valence-electron chi connectivity index (χ4n) is 1.82. The maximum atomic E-state index is 12.5. The van der Waals surface area contributed by atoms with Gasteiger partial charge in [0.1, 0.15) is 5.75 Å². The van der Waals surface area contributed by atoms with Crippen molar-refractivity contribution in [3.8, 4) is 5.75 Å². The molecule has 0 bridgehead atoms. The summed E-state index contributed by atoms with van der Waals surface area (Å²) >= 11 is 0. The lowest BCUT2D eigenvalue weighted by Gasteiger charge is -2.11. The summed E-state index contributed by atoms with van der Waals surface area (Å²) in [5.74, 6) is -1.52. The number of hydrogen-bond acceptors (Lipinski definition) is 4. The molecular formula is C14H11F3N2O4S. The van der Waals surface area contributed by atoms with Crippen LogP contribution >= 0.6 is 0 Å². The third-order valence-corrected chi connectivity index (χ3v) is 4.39. The normalized spacial score (nSPS) is 12.0. The van der Waals surface area contributed by atoms with Gasteiger partial charge in [0.25, 0.3) is 15.9 Å². The van der Waals surface area contributed by atoms with E-state index in [2.05, 4.69) is 4.72 Å². The Kier molecular flexibility index (Phi) is 4.43. The standard InChI is InChI=1S/C14H11F3N2O4S/c15-14(16,17)8-1-3-9(4-2-8)19-24(22,23)10-5-6-12(20)11(7-10)13(18)21/h1-7,19-20H,(H2,18,21). The lowest BCUT2D eigenvalue weighted by Crippen LogP contribution is -2.16. The van der Waals surface area contributed by atoms with Crippen LogP contribution in [0.15, 0.2) is 47.4 Å². The molecule has 0 atom stereocenters. The van der Waals surface area contributed by atoms with Crippen LogP contribution in [0.1, 0.15) is 15.9 Å². The second-order valence-electron chi connectivity index (χ2n) is 4.72. The zero-order valence-electron chi connectivity index (χ0n) is 11.8. The Hall–Kier alpha value is -2.75. The first kappa shape index (κ1) is 17.6. The summed E-state index contributed by atoms with van der Waals surface area (Å²) in [7, 11) is -4.18. The number of carbonyl (C=O) groups is 1. The number of aromatic hydroxyl groups is 1. The molecule has 0 aliphatic carbocycles. The maximum Gasteiger partial charge on any atom is 0.416 e. The highest BCUT2D eigenvalue weighted by Crippen LogP contribution is 2.30. The van der Waals surface area contributed by atoms with Crippen LogP contribution in [-0.2, 0) is 16.2 Å². The minimum atomic E-state index is -4.54. The Labute approximate surface area is 134 Å². The van der Waals surface area contributed by atoms with Crippen LogP contribution in [0, 0.1) is 0 Å². The Morgan fingerprint density at radius 2 is 1.67 bits per heavy atom. The monoisotopic (exact) mass is 360 g/mol. The Morgan fingerprint density at radius 1 is 1.08 bits per heavy atom. The van der Waals surface area contributed by atoms with Gasteiger partial charge in [-0.2, -0.15) is 13.2 Å². The first-order chi connectivity index (χ1) is 11.0. The molecule has 0 spiro atoms. The first-order valence-electron chi connectivity index (χ1n) is 6.33. The number of benzene rings is 2. The largest absolute Gasteiger partial charge is 0.507 e. The van der Waals surface area contributed by atoms with Gasteiger partial charge in [-0.05, 0) is 42.5 Å². The van der Waals surface area contributed by atoms with Crippen molar-refractivity contribution < 1.29 is 31.5 Å². The van der Waals surface area contributed by atoms with Crippen LogP contribution in [0.25, 0.3) is 0 Å². The molecule has 0 saturated heterocycles. The quantitative estimate of drug-likeness (QED) is 0.777. The van der Waals surface area contributed by atoms with Crippen molar-refractivity contribution in [1.82, 2.24) is 0 Å². The second kappa shape index (κ2) is 6.04. The summed E-state index contributed by atoms with van der Waals surface area (Å²) in [6, 6.07) is 6.22. The number of nitrogens with two attached hydrogens (primary N) is 1. The molecule has 6 nitrogen and oxygen atoms in total. The number of amides is 1. The van der Waals surface area contributed by atoms with E-state index >= 15 is 0 Å². The lowest BCUT2D eigenvalue weighted by atomic mass is 10.2. The minimum Gasteiger partial charge on any atom is -0.507 e. The molecule has 0 aliphatic rings. The molecule has 0 radical (unpaired) electrons. The van der Waals surface area contributed by atoms with Crippen LogP contribution in [0.5, 0.6) is 5.75 Å². The maximum absolute atomic E-state index is 12.5. The molecule has 4 N–H and O–H groups in total. The van der Waals surface area contributed by atoms with Crippen molar-refractivity contribution in [2.24, 2.45) is 5.73 Å². The predicted octanol–water partition coefficient (Wildman–Crippen LogP) is 2.31. The average molecular weight is 360 g/mol. The Bertz CT molecular complexity index is 878. The van der Waals surface area contributed by atoms with Gasteiger partial charge in [-0.25, -0.2) is 8.42 Å². The molecule has 24 heavy (non-hydrogen) atoms.